The summed E-state index contributed by atoms with van der Waals surface area (Å²) in [7, 11) is 2.01. The number of ketones is 1. The van der Waals surface area contributed by atoms with Gasteiger partial charge in [0.1, 0.15) is 0 Å². The Labute approximate surface area is 168 Å². The Morgan fingerprint density at radius 2 is 2.00 bits per heavy atom. The molecular weight excluding hydrogens is 413 g/mol. The lowest BCUT2D eigenvalue weighted by atomic mass is 9.52. The fourth-order valence-electron chi connectivity index (χ4n) is 5.87. The van der Waals surface area contributed by atoms with Crippen molar-refractivity contribution >= 4 is 11.8 Å². The fraction of sp³-hybridized carbons (Fsp3) is 0.600. The molecule has 0 amide bonds. The molecule has 2 fully saturated rings. The van der Waals surface area contributed by atoms with Gasteiger partial charge in [0.25, 0.3) is 0 Å². The largest absolute Gasteiger partial charge is 0.477 e. The molecule has 30 heavy (non-hydrogen) atoms. The minimum absolute atomic E-state index is 0.0490. The number of carbonyl (C=O) groups is 2. The fourth-order valence-corrected chi connectivity index (χ4v) is 5.87. The number of Topliss-reactive ketones (excluding diaryl/α,β-unsaturated/α-hetero) is 1. The third-order valence-corrected chi connectivity index (χ3v) is 7.19. The molecule has 5 rings (SSSR count). The number of hydrogen-bond acceptors (Lipinski definition) is 5. The van der Waals surface area contributed by atoms with E-state index in [0.29, 0.717) is 37.8 Å². The van der Waals surface area contributed by atoms with Crippen molar-refractivity contribution in [2.75, 3.05) is 13.6 Å². The Balaban J connectivity index is 1.61. The zero-order chi connectivity index (χ0) is 21.6. The van der Waals surface area contributed by atoms with Crippen LogP contribution in [-0.4, -0.2) is 54.5 Å². The lowest BCUT2D eigenvalue weighted by molar-refractivity contribution is -0.276. The highest BCUT2D eigenvalue weighted by Gasteiger charge is 2.67. The van der Waals surface area contributed by atoms with Gasteiger partial charge in [0.2, 0.25) is 0 Å². The van der Waals surface area contributed by atoms with Crippen molar-refractivity contribution in [2.24, 2.45) is 5.92 Å². The van der Waals surface area contributed by atoms with Crippen LogP contribution < -0.4 is 9.47 Å². The molecule has 1 saturated heterocycles. The molecule has 162 valence electrons. The van der Waals surface area contributed by atoms with Crippen LogP contribution >= 0.6 is 0 Å². The minimum atomic E-state index is -6.07. The number of piperidine rings is 1. The molecule has 1 spiro atoms. The van der Waals surface area contributed by atoms with Gasteiger partial charge in [-0.25, -0.2) is 4.79 Å². The molecule has 1 aromatic carbocycles. The van der Waals surface area contributed by atoms with E-state index in [9.17, 15) is 31.5 Å². The van der Waals surface area contributed by atoms with Gasteiger partial charge < -0.3 is 14.4 Å². The predicted molar refractivity (Wildman–Crippen MR) is 91.6 cm³/mol. The van der Waals surface area contributed by atoms with E-state index in [2.05, 4.69) is 9.64 Å². The molecule has 4 unspecified atom stereocenters. The van der Waals surface area contributed by atoms with E-state index in [0.717, 1.165) is 5.56 Å². The topological polar surface area (TPSA) is 55.8 Å². The van der Waals surface area contributed by atoms with Gasteiger partial charge in [0, 0.05) is 23.4 Å². The van der Waals surface area contributed by atoms with E-state index in [1.807, 2.05) is 7.05 Å². The second kappa shape index (κ2) is 5.93. The second-order valence-corrected chi connectivity index (χ2v) is 8.54. The van der Waals surface area contributed by atoms with Gasteiger partial charge in [0.05, 0.1) is 0 Å². The van der Waals surface area contributed by atoms with Crippen molar-refractivity contribution in [3.05, 3.63) is 23.3 Å². The zero-order valence-corrected chi connectivity index (χ0v) is 15.9. The maximum atomic E-state index is 13.4. The summed E-state index contributed by atoms with van der Waals surface area (Å²) in [6.45, 7) is 0.698. The number of esters is 1. The quantitative estimate of drug-likeness (QED) is 0.410. The average Bonchev–Trinajstić information content (AvgIpc) is 3.02. The number of ether oxygens (including phenoxy) is 2. The van der Waals surface area contributed by atoms with Crippen LogP contribution in [0.3, 0.4) is 0 Å². The van der Waals surface area contributed by atoms with Gasteiger partial charge in [0.15, 0.2) is 23.4 Å². The number of nitrogens with zero attached hydrogens (tertiary/aromatic N) is 1. The first-order valence-corrected chi connectivity index (χ1v) is 9.71. The van der Waals surface area contributed by atoms with Gasteiger partial charge in [-0.3, -0.25) is 4.79 Å². The first kappa shape index (κ1) is 19.7. The maximum absolute atomic E-state index is 13.4. The third kappa shape index (κ3) is 2.31. The van der Waals surface area contributed by atoms with Crippen LogP contribution in [0.5, 0.6) is 11.5 Å². The summed E-state index contributed by atoms with van der Waals surface area (Å²) in [5, 5.41) is 0. The Morgan fingerprint density at radius 3 is 2.70 bits per heavy atom. The Hall–Kier alpha value is -2.23. The molecule has 4 aliphatic rings. The number of hydrogen-bond donors (Lipinski definition) is 0. The molecule has 0 N–H and O–H groups in total. The highest BCUT2D eigenvalue weighted by Crippen LogP contribution is 2.63. The van der Waals surface area contributed by atoms with Gasteiger partial charge in [-0.15, -0.1) is 0 Å². The molecule has 4 atom stereocenters. The molecule has 10 heteroatoms. The number of likely N-dealkylation sites (tertiary alicyclic amines) is 1. The molecular formula is C20H18F5NO4. The lowest BCUT2D eigenvalue weighted by Gasteiger charge is -2.57. The van der Waals surface area contributed by atoms with Crippen LogP contribution in [0.25, 0.3) is 0 Å². The van der Waals surface area contributed by atoms with Crippen LogP contribution in [-0.2, 0) is 21.4 Å². The van der Waals surface area contributed by atoms with Crippen molar-refractivity contribution < 1.29 is 41.0 Å². The van der Waals surface area contributed by atoms with E-state index in [1.165, 1.54) is 6.07 Å². The monoisotopic (exact) mass is 431 g/mol. The third-order valence-electron chi connectivity index (χ3n) is 7.19. The van der Waals surface area contributed by atoms with Crippen molar-refractivity contribution in [3.63, 3.8) is 0 Å². The number of alkyl halides is 5. The van der Waals surface area contributed by atoms with Crippen LogP contribution in [0.4, 0.5) is 22.0 Å². The first-order chi connectivity index (χ1) is 14.0. The molecule has 0 aromatic heterocycles. The predicted octanol–water partition coefficient (Wildman–Crippen LogP) is 3.03. The van der Waals surface area contributed by atoms with Gasteiger partial charge in [-0.2, -0.15) is 22.0 Å². The van der Waals surface area contributed by atoms with E-state index in [1.54, 1.807) is 6.07 Å². The average molecular weight is 431 g/mol. The van der Waals surface area contributed by atoms with Crippen LogP contribution in [0, 0.1) is 5.92 Å². The summed E-state index contributed by atoms with van der Waals surface area (Å²) in [4.78, 5) is 26.6. The number of benzene rings is 1. The summed E-state index contributed by atoms with van der Waals surface area (Å²) < 4.78 is 74.9. The molecule has 2 bridgehead atoms. The van der Waals surface area contributed by atoms with E-state index in [4.69, 9.17) is 4.74 Å². The van der Waals surface area contributed by atoms with Crippen molar-refractivity contribution in [1.82, 2.24) is 4.90 Å². The Bertz CT molecular complexity index is 961. The summed E-state index contributed by atoms with van der Waals surface area (Å²) >= 11 is 0. The van der Waals surface area contributed by atoms with Crippen LogP contribution in [0.1, 0.15) is 30.4 Å². The molecule has 1 aromatic rings. The minimum Gasteiger partial charge on any atom is -0.477 e. The van der Waals surface area contributed by atoms with Crippen molar-refractivity contribution in [3.8, 4) is 11.5 Å². The van der Waals surface area contributed by atoms with Crippen molar-refractivity contribution in [2.45, 2.75) is 55.3 Å². The van der Waals surface area contributed by atoms with E-state index >= 15 is 0 Å². The maximum Gasteiger partial charge on any atom is 0.465 e. The summed E-state index contributed by atoms with van der Waals surface area (Å²) in [6, 6.07) is 2.93. The van der Waals surface area contributed by atoms with E-state index in [-0.39, 0.29) is 23.5 Å². The van der Waals surface area contributed by atoms with E-state index < -0.39 is 35.3 Å². The van der Waals surface area contributed by atoms with Crippen LogP contribution in [0.2, 0.25) is 0 Å². The van der Waals surface area contributed by atoms with Gasteiger partial charge in [-0.1, -0.05) is 6.07 Å². The molecule has 2 heterocycles. The van der Waals surface area contributed by atoms with Crippen LogP contribution in [0.15, 0.2) is 12.1 Å². The standard InChI is InChI=1S/C20H18F5NO4/c1-26-7-6-18-10-3-4-12(27)16(18)30-15-13(5-2-9(14(15)18)8-11(10)26)29-17(28)19(21,22)20(23,24)25/h2,5,10-11,16H,3-4,6-8H2,1H3. The lowest BCUT2D eigenvalue weighted by Crippen LogP contribution is -2.65. The smallest absolute Gasteiger partial charge is 0.465 e. The molecule has 1 saturated carbocycles. The number of carbonyl (C=O) groups excluding carboxylic acids is 2. The highest BCUT2D eigenvalue weighted by molar-refractivity contribution is 5.89. The molecule has 5 nitrogen and oxygen atoms in total. The summed E-state index contributed by atoms with van der Waals surface area (Å²) in [6.07, 6.45) is -4.72. The normalized spacial score (nSPS) is 32.5. The molecule has 2 aliphatic heterocycles. The van der Waals surface area contributed by atoms with Gasteiger partial charge >= 0.3 is 18.1 Å². The molecule has 2 aliphatic carbocycles. The van der Waals surface area contributed by atoms with Gasteiger partial charge in [-0.05, 0) is 50.4 Å². The van der Waals surface area contributed by atoms with Crippen molar-refractivity contribution in [1.29, 1.82) is 0 Å². The Kier molecular flexibility index (Phi) is 3.90. The number of rotatable bonds is 2. The first-order valence-electron chi connectivity index (χ1n) is 9.71. The Morgan fingerprint density at radius 1 is 1.27 bits per heavy atom. The molecule has 0 radical (unpaired) electrons. The summed E-state index contributed by atoms with van der Waals surface area (Å²) in [5.41, 5.74) is 0.817. The number of halogens is 5. The summed E-state index contributed by atoms with van der Waals surface area (Å²) in [5.74, 6) is -8.97. The number of likely N-dealkylation sites (N-methyl/N-ethyl adjacent to an activating group) is 1. The highest BCUT2D eigenvalue weighted by atomic mass is 19.4. The SMILES string of the molecule is CN1CCC23c4c5ccc(OC(=O)C(F)(F)C(F)(F)F)c4OC2C(=O)CCC3C1C5. The zero-order valence-electron chi connectivity index (χ0n) is 15.9. The second-order valence-electron chi connectivity index (χ2n) is 8.54.